The Morgan fingerprint density at radius 1 is 1.42 bits per heavy atom. The van der Waals surface area contributed by atoms with E-state index in [1.54, 1.807) is 0 Å². The van der Waals surface area contributed by atoms with Gasteiger partial charge < -0.3 is 5.11 Å². The zero-order valence-corrected chi connectivity index (χ0v) is 7.07. The van der Waals surface area contributed by atoms with Gasteiger partial charge in [0.1, 0.15) is 10.8 Å². The first-order valence-electron chi connectivity index (χ1n) is 3.35. The Morgan fingerprint density at radius 3 is 2.50 bits per heavy atom. The van der Waals surface area contributed by atoms with Gasteiger partial charge in [0, 0.05) is 5.56 Å². The number of hydrogen-bond acceptors (Lipinski definition) is 1. The van der Waals surface area contributed by atoms with Crippen molar-refractivity contribution < 1.29 is 13.9 Å². The van der Waals surface area contributed by atoms with Crippen molar-refractivity contribution in [2.24, 2.45) is 0 Å². The van der Waals surface area contributed by atoms with Gasteiger partial charge in [-0.3, -0.25) is 0 Å². The third-order valence-corrected chi connectivity index (χ3v) is 1.86. The lowest BCUT2D eigenvalue weighted by molar-refractivity contribution is 0.194. The topological polar surface area (TPSA) is 20.2 Å². The summed E-state index contributed by atoms with van der Waals surface area (Å²) >= 11 is 5.27. The second-order valence-electron chi connectivity index (χ2n) is 2.44. The normalized spacial score (nSPS) is 13.1. The van der Waals surface area contributed by atoms with Gasteiger partial charge in [-0.2, -0.15) is 0 Å². The van der Waals surface area contributed by atoms with Gasteiger partial charge in [-0.15, -0.1) is 0 Å². The lowest BCUT2D eigenvalue weighted by Crippen LogP contribution is -1.97. The molecule has 1 N–H and O–H groups in total. The van der Waals surface area contributed by atoms with Crippen molar-refractivity contribution in [1.29, 1.82) is 0 Å². The van der Waals surface area contributed by atoms with Crippen LogP contribution in [0.3, 0.4) is 0 Å². The number of hydrogen-bond donors (Lipinski definition) is 1. The molecular weight excluding hydrogens is 186 g/mol. The molecule has 1 atom stereocenters. The van der Waals surface area contributed by atoms with Gasteiger partial charge in [0.2, 0.25) is 0 Å². The lowest BCUT2D eigenvalue weighted by atomic mass is 10.1. The summed E-state index contributed by atoms with van der Waals surface area (Å²) in [7, 11) is 0. The lowest BCUT2D eigenvalue weighted by Gasteiger charge is -2.06. The highest BCUT2D eigenvalue weighted by Gasteiger charge is 2.14. The smallest absolute Gasteiger partial charge is 0.150 e. The second kappa shape index (κ2) is 3.37. The van der Waals surface area contributed by atoms with E-state index in [0.717, 1.165) is 6.07 Å². The summed E-state index contributed by atoms with van der Waals surface area (Å²) in [4.78, 5) is 0. The Balaban J connectivity index is 3.27. The highest BCUT2D eigenvalue weighted by Crippen LogP contribution is 2.25. The molecule has 0 fully saturated rings. The summed E-state index contributed by atoms with van der Waals surface area (Å²) < 4.78 is 25.6. The average Bonchev–Trinajstić information content (AvgIpc) is 2.00. The van der Waals surface area contributed by atoms with E-state index in [2.05, 4.69) is 0 Å². The van der Waals surface area contributed by atoms with Crippen molar-refractivity contribution in [1.82, 2.24) is 0 Å². The van der Waals surface area contributed by atoms with E-state index in [1.807, 2.05) is 0 Å². The van der Waals surface area contributed by atoms with Crippen LogP contribution >= 0.6 is 11.6 Å². The SMILES string of the molecule is C[C@@H](O)c1ccc(F)c(Cl)c1F. The summed E-state index contributed by atoms with van der Waals surface area (Å²) in [6, 6.07) is 2.19. The predicted octanol–water partition coefficient (Wildman–Crippen LogP) is 2.67. The van der Waals surface area contributed by atoms with Gasteiger partial charge in [-0.1, -0.05) is 17.7 Å². The molecule has 0 amide bonds. The number of rotatable bonds is 1. The van der Waals surface area contributed by atoms with Crippen LogP contribution in [0, 0.1) is 11.6 Å². The zero-order valence-electron chi connectivity index (χ0n) is 6.31. The zero-order chi connectivity index (χ0) is 9.30. The van der Waals surface area contributed by atoms with Crippen molar-refractivity contribution in [3.8, 4) is 0 Å². The van der Waals surface area contributed by atoms with Crippen LogP contribution in [0.4, 0.5) is 8.78 Å². The summed E-state index contributed by atoms with van der Waals surface area (Å²) in [6.45, 7) is 1.38. The Labute approximate surface area is 73.6 Å². The van der Waals surface area contributed by atoms with Crippen molar-refractivity contribution in [2.75, 3.05) is 0 Å². The highest BCUT2D eigenvalue weighted by molar-refractivity contribution is 6.30. The summed E-state index contributed by atoms with van der Waals surface area (Å²) in [5, 5.41) is 8.42. The summed E-state index contributed by atoms with van der Waals surface area (Å²) in [6.07, 6.45) is -0.983. The summed E-state index contributed by atoms with van der Waals surface area (Å²) in [5.41, 5.74) is 0.00130. The molecular formula is C8H7ClF2O. The number of halogens is 3. The molecule has 66 valence electrons. The van der Waals surface area contributed by atoms with Gasteiger partial charge >= 0.3 is 0 Å². The molecule has 0 spiro atoms. The van der Waals surface area contributed by atoms with E-state index in [1.165, 1.54) is 13.0 Å². The molecule has 0 saturated heterocycles. The molecule has 1 rings (SSSR count). The first-order chi connectivity index (χ1) is 5.54. The molecule has 1 aromatic carbocycles. The molecule has 1 nitrogen and oxygen atoms in total. The molecule has 0 unspecified atom stereocenters. The molecule has 0 aliphatic carbocycles. The fourth-order valence-corrected chi connectivity index (χ4v) is 1.04. The maximum Gasteiger partial charge on any atom is 0.150 e. The average molecular weight is 193 g/mol. The third kappa shape index (κ3) is 1.57. The van der Waals surface area contributed by atoms with E-state index >= 15 is 0 Å². The van der Waals surface area contributed by atoms with E-state index in [4.69, 9.17) is 16.7 Å². The van der Waals surface area contributed by atoms with Gasteiger partial charge in [0.05, 0.1) is 6.10 Å². The molecule has 0 saturated carbocycles. The van der Waals surface area contributed by atoms with Gasteiger partial charge in [0.25, 0.3) is 0 Å². The van der Waals surface area contributed by atoms with Crippen LogP contribution in [0.15, 0.2) is 12.1 Å². The first kappa shape index (κ1) is 9.42. The quantitative estimate of drug-likeness (QED) is 0.679. The van der Waals surface area contributed by atoms with E-state index < -0.39 is 22.8 Å². The Bertz CT molecular complexity index is 299. The van der Waals surface area contributed by atoms with Gasteiger partial charge in [0.15, 0.2) is 5.82 Å². The molecule has 0 aromatic heterocycles. The fourth-order valence-electron chi connectivity index (χ4n) is 0.863. The van der Waals surface area contributed by atoms with Crippen LogP contribution < -0.4 is 0 Å². The molecule has 0 aliphatic rings. The first-order valence-corrected chi connectivity index (χ1v) is 3.73. The largest absolute Gasteiger partial charge is 0.389 e. The van der Waals surface area contributed by atoms with Gasteiger partial charge in [-0.05, 0) is 13.0 Å². The van der Waals surface area contributed by atoms with Gasteiger partial charge in [-0.25, -0.2) is 8.78 Å². The van der Waals surface area contributed by atoms with Crippen LogP contribution in [0.1, 0.15) is 18.6 Å². The highest BCUT2D eigenvalue weighted by atomic mass is 35.5. The predicted molar refractivity (Wildman–Crippen MR) is 42.0 cm³/mol. The maximum atomic E-state index is 13.0. The molecule has 0 bridgehead atoms. The van der Waals surface area contributed by atoms with Crippen LogP contribution in [0.5, 0.6) is 0 Å². The van der Waals surface area contributed by atoms with Crippen LogP contribution in [-0.2, 0) is 0 Å². The fraction of sp³-hybridized carbons (Fsp3) is 0.250. The van der Waals surface area contributed by atoms with Crippen molar-refractivity contribution >= 4 is 11.6 Å². The minimum absolute atomic E-state index is 0.00130. The molecule has 0 radical (unpaired) electrons. The second-order valence-corrected chi connectivity index (χ2v) is 2.82. The Morgan fingerprint density at radius 2 is 2.00 bits per heavy atom. The Hall–Kier alpha value is -0.670. The minimum atomic E-state index is -0.983. The monoisotopic (exact) mass is 192 g/mol. The van der Waals surface area contributed by atoms with E-state index in [0.29, 0.717) is 0 Å². The van der Waals surface area contributed by atoms with Crippen LogP contribution in [0.25, 0.3) is 0 Å². The number of aliphatic hydroxyl groups excluding tert-OH is 1. The van der Waals surface area contributed by atoms with Crippen molar-refractivity contribution in [3.63, 3.8) is 0 Å². The number of benzene rings is 1. The van der Waals surface area contributed by atoms with Crippen molar-refractivity contribution in [3.05, 3.63) is 34.4 Å². The Kier molecular flexibility index (Phi) is 2.65. The molecule has 4 heteroatoms. The summed E-state index contributed by atoms with van der Waals surface area (Å²) in [5.74, 6) is -1.72. The minimum Gasteiger partial charge on any atom is -0.389 e. The molecule has 0 aliphatic heterocycles. The van der Waals surface area contributed by atoms with E-state index in [9.17, 15) is 8.78 Å². The molecule has 12 heavy (non-hydrogen) atoms. The number of aliphatic hydroxyl groups is 1. The van der Waals surface area contributed by atoms with Crippen LogP contribution in [0.2, 0.25) is 5.02 Å². The maximum absolute atomic E-state index is 13.0. The van der Waals surface area contributed by atoms with Crippen molar-refractivity contribution in [2.45, 2.75) is 13.0 Å². The standard InChI is InChI=1S/C8H7ClF2O/c1-4(12)5-2-3-6(10)7(9)8(5)11/h2-4,12H,1H3/t4-/m1/s1. The third-order valence-electron chi connectivity index (χ3n) is 1.52. The molecule has 1 aromatic rings. The van der Waals surface area contributed by atoms with Crippen LogP contribution in [-0.4, -0.2) is 5.11 Å². The van der Waals surface area contributed by atoms with E-state index in [-0.39, 0.29) is 5.56 Å². The molecule has 0 heterocycles.